The van der Waals surface area contributed by atoms with E-state index in [2.05, 4.69) is 15.2 Å². The van der Waals surface area contributed by atoms with Crippen molar-refractivity contribution in [1.29, 1.82) is 0 Å². The van der Waals surface area contributed by atoms with Crippen LogP contribution in [0.3, 0.4) is 0 Å². The lowest BCUT2D eigenvalue weighted by molar-refractivity contribution is -0.192. The minimum atomic E-state index is -4.63. The molecule has 1 saturated heterocycles. The monoisotopic (exact) mass is 653 g/mol. The first-order valence-corrected chi connectivity index (χ1v) is 15.2. The molecule has 1 aromatic heterocycles. The van der Waals surface area contributed by atoms with Gasteiger partial charge in [-0.05, 0) is 53.3 Å². The Balaban J connectivity index is 2.47. The number of aromatic nitrogens is 2. The molecule has 0 bridgehead atoms. The number of esters is 2. The molecular formula is C22H33F5N5O8PS. The molecule has 5 N–H and O–H groups in total. The van der Waals surface area contributed by atoms with Gasteiger partial charge in [0.15, 0.2) is 29.9 Å². The van der Waals surface area contributed by atoms with Crippen molar-refractivity contribution in [3.05, 3.63) is 22.5 Å². The van der Waals surface area contributed by atoms with E-state index in [-0.39, 0.29) is 10.8 Å². The number of anilines is 1. The van der Waals surface area contributed by atoms with Gasteiger partial charge in [0.25, 0.3) is 6.43 Å². The summed E-state index contributed by atoms with van der Waals surface area (Å²) < 4.78 is 93.6. The van der Waals surface area contributed by atoms with Crippen molar-refractivity contribution in [3.8, 4) is 0 Å². The highest BCUT2D eigenvalue weighted by Crippen LogP contribution is 2.52. The number of hydrogen-bond donors (Lipinski definition) is 4. The standard InChI is InChI=1S/C22H33F5N5O8PS/c1-9(2)38-15(33)11(5)30-41(42,31-12(6)16(34)39-10(3)4)37-8-21(18(24)25)17(35)22(26,27)19(40-21)32-7-13(23)14(28)29-20(32)36/h7,9-12,17-19,35H,8H2,1-6H3,(H2,28,29,36)(H2,30,31,42)/t11-,12-,17+,19+,21+/m0/s1. The number of aliphatic hydroxyl groups excluding tert-OH is 1. The molecule has 1 aliphatic rings. The van der Waals surface area contributed by atoms with Crippen molar-refractivity contribution < 1.29 is 55.4 Å². The molecule has 0 amide bonds. The molecule has 1 fully saturated rings. The van der Waals surface area contributed by atoms with Crippen LogP contribution in [0.25, 0.3) is 0 Å². The molecule has 2 rings (SSSR count). The van der Waals surface area contributed by atoms with Crippen LogP contribution in [0.1, 0.15) is 47.8 Å². The van der Waals surface area contributed by atoms with Crippen molar-refractivity contribution in [2.75, 3.05) is 12.3 Å². The van der Waals surface area contributed by atoms with Crippen LogP contribution in [-0.4, -0.2) is 81.5 Å². The maximum Gasteiger partial charge on any atom is 0.352 e. The van der Waals surface area contributed by atoms with Crippen LogP contribution in [0.4, 0.5) is 27.8 Å². The van der Waals surface area contributed by atoms with Crippen LogP contribution in [0.5, 0.6) is 0 Å². The molecule has 1 aliphatic heterocycles. The Labute approximate surface area is 242 Å². The van der Waals surface area contributed by atoms with Crippen molar-refractivity contribution in [3.63, 3.8) is 0 Å². The normalized spacial score (nSPS) is 23.8. The molecule has 1 aromatic rings. The average Bonchev–Trinajstić information content (AvgIpc) is 3.05. The fraction of sp³-hybridized carbons (Fsp3) is 0.727. The van der Waals surface area contributed by atoms with Gasteiger partial charge in [0.1, 0.15) is 12.1 Å². The Hall–Kier alpha value is -2.28. The van der Waals surface area contributed by atoms with Crippen LogP contribution in [0, 0.1) is 5.82 Å². The van der Waals surface area contributed by atoms with Gasteiger partial charge in [-0.25, -0.2) is 28.1 Å². The molecule has 0 spiro atoms. The number of nitrogens with zero attached hydrogens (tertiary/aromatic N) is 2. The number of rotatable bonds is 13. The lowest BCUT2D eigenvalue weighted by atomic mass is 9.96. The Bertz CT molecular complexity index is 1220. The van der Waals surface area contributed by atoms with E-state index in [0.29, 0.717) is 0 Å². The van der Waals surface area contributed by atoms with Gasteiger partial charge in [-0.2, -0.15) is 13.8 Å². The summed E-state index contributed by atoms with van der Waals surface area (Å²) in [6.07, 6.45) is -11.2. The van der Waals surface area contributed by atoms with E-state index in [1.54, 1.807) is 27.7 Å². The van der Waals surface area contributed by atoms with Gasteiger partial charge in [0.05, 0.1) is 25.0 Å². The lowest BCUT2D eigenvalue weighted by Crippen LogP contribution is -2.55. The number of ether oxygens (including phenoxy) is 3. The maximum atomic E-state index is 15.2. The first-order valence-electron chi connectivity index (χ1n) is 12.4. The predicted molar refractivity (Wildman–Crippen MR) is 141 cm³/mol. The van der Waals surface area contributed by atoms with Gasteiger partial charge >= 0.3 is 23.6 Å². The van der Waals surface area contributed by atoms with Gasteiger partial charge < -0.3 is 29.6 Å². The van der Waals surface area contributed by atoms with Gasteiger partial charge in [0.2, 0.25) is 6.23 Å². The molecule has 0 unspecified atom stereocenters. The third kappa shape index (κ3) is 8.00. The van der Waals surface area contributed by atoms with Crippen molar-refractivity contribution >= 4 is 36.1 Å². The molecule has 0 radical (unpaired) electrons. The van der Waals surface area contributed by atoms with E-state index in [0.717, 1.165) is 0 Å². The second-order valence-electron chi connectivity index (χ2n) is 9.96. The third-order valence-corrected chi connectivity index (χ3v) is 8.55. The molecule has 5 atom stereocenters. The van der Waals surface area contributed by atoms with Crippen molar-refractivity contribution in [1.82, 2.24) is 19.7 Å². The summed E-state index contributed by atoms with van der Waals surface area (Å²) in [5, 5.41) is 15.5. The molecule has 2 heterocycles. The summed E-state index contributed by atoms with van der Waals surface area (Å²) in [5.41, 5.74) is 0.0138. The van der Waals surface area contributed by atoms with Crippen LogP contribution in [0.2, 0.25) is 0 Å². The smallest absolute Gasteiger partial charge is 0.352 e. The number of carbonyl (C=O) groups excluding carboxylic acids is 2. The van der Waals surface area contributed by atoms with E-state index in [4.69, 9.17) is 36.3 Å². The van der Waals surface area contributed by atoms with E-state index < -0.39 is 97.0 Å². The Morgan fingerprint density at radius 1 is 1.14 bits per heavy atom. The van der Waals surface area contributed by atoms with Gasteiger partial charge in [-0.3, -0.25) is 14.2 Å². The van der Waals surface area contributed by atoms with E-state index in [9.17, 15) is 32.7 Å². The fourth-order valence-electron chi connectivity index (χ4n) is 3.61. The van der Waals surface area contributed by atoms with E-state index >= 15 is 8.78 Å². The molecule has 13 nitrogen and oxygen atoms in total. The third-order valence-electron chi connectivity index (χ3n) is 5.65. The summed E-state index contributed by atoms with van der Waals surface area (Å²) in [6.45, 7) is 3.15. The number of aliphatic hydroxyl groups is 1. The molecule has 0 saturated carbocycles. The minimum Gasteiger partial charge on any atom is -0.462 e. The summed E-state index contributed by atoms with van der Waals surface area (Å²) in [4.78, 5) is 40.0. The number of alkyl halides is 4. The largest absolute Gasteiger partial charge is 0.462 e. The second kappa shape index (κ2) is 13.6. The van der Waals surface area contributed by atoms with Crippen LogP contribution in [0.15, 0.2) is 11.0 Å². The molecule has 42 heavy (non-hydrogen) atoms. The topological polar surface area (TPSA) is 176 Å². The quantitative estimate of drug-likeness (QED) is 0.137. The van der Waals surface area contributed by atoms with Crippen LogP contribution >= 0.6 is 6.57 Å². The summed E-state index contributed by atoms with van der Waals surface area (Å²) in [6, 6.07) is -2.54. The fourth-order valence-corrected chi connectivity index (χ4v) is 6.56. The van der Waals surface area contributed by atoms with Crippen molar-refractivity contribution in [2.45, 2.75) is 96.1 Å². The molecule has 240 valence electrons. The minimum absolute atomic E-state index is 0.139. The second-order valence-corrected chi connectivity index (χ2v) is 13.4. The highest BCUT2D eigenvalue weighted by Gasteiger charge is 2.71. The predicted octanol–water partition coefficient (Wildman–Crippen LogP) is 1.59. The zero-order chi connectivity index (χ0) is 32.4. The Morgan fingerprint density at radius 3 is 2.05 bits per heavy atom. The average molecular weight is 654 g/mol. The zero-order valence-electron chi connectivity index (χ0n) is 23.3. The number of hydrogen-bond acceptors (Lipinski definition) is 11. The first-order chi connectivity index (χ1) is 19.2. The van der Waals surface area contributed by atoms with Gasteiger partial charge in [-0.15, -0.1) is 0 Å². The number of halogens is 5. The lowest BCUT2D eigenvalue weighted by Gasteiger charge is -2.35. The SMILES string of the molecule is CC(C)OC(=O)[C@H](C)NP(=S)(N[C@@H](C)C(=O)OC(C)C)OC[C@@]1(C(F)F)O[C@@H](n2cc(F)c(N)nc2=O)C(F)(F)[C@@H]1O. The summed E-state index contributed by atoms with van der Waals surface area (Å²) in [7, 11) is 0. The van der Waals surface area contributed by atoms with E-state index in [1.165, 1.54) is 13.8 Å². The molecule has 20 heteroatoms. The summed E-state index contributed by atoms with van der Waals surface area (Å²) >= 11 is 5.41. The number of carbonyl (C=O) groups is 2. The van der Waals surface area contributed by atoms with E-state index in [1.807, 2.05) is 0 Å². The number of nitrogen functional groups attached to an aromatic ring is 1. The Kier molecular flexibility index (Phi) is 11.6. The van der Waals surface area contributed by atoms with Crippen LogP contribution in [-0.2, 0) is 40.1 Å². The highest BCUT2D eigenvalue weighted by atomic mass is 32.4. The number of nitrogens with one attached hydrogen (secondary N) is 2. The number of nitrogens with two attached hydrogens (primary N) is 1. The maximum absolute atomic E-state index is 15.2. The van der Waals surface area contributed by atoms with Gasteiger partial charge in [0, 0.05) is 0 Å². The molecule has 0 aromatic carbocycles. The molecular weight excluding hydrogens is 620 g/mol. The summed E-state index contributed by atoms with van der Waals surface area (Å²) in [5.74, 6) is -8.73. The first kappa shape index (κ1) is 35.9. The highest BCUT2D eigenvalue weighted by molar-refractivity contribution is 8.10. The zero-order valence-corrected chi connectivity index (χ0v) is 25.1. The van der Waals surface area contributed by atoms with Crippen LogP contribution < -0.4 is 21.6 Å². The van der Waals surface area contributed by atoms with Gasteiger partial charge in [-0.1, -0.05) is 0 Å². The van der Waals surface area contributed by atoms with Crippen molar-refractivity contribution in [2.24, 2.45) is 0 Å². The molecule has 0 aliphatic carbocycles. The Morgan fingerprint density at radius 2 is 1.62 bits per heavy atom.